The number of carbonyl (C=O) groups excluding carboxylic acids is 2. The Hall–Kier alpha value is -1.77. The molecular weight excluding hydrogens is 411 g/mol. The summed E-state index contributed by atoms with van der Waals surface area (Å²) in [5.41, 5.74) is 1.60. The second kappa shape index (κ2) is 7.67. The highest BCUT2D eigenvalue weighted by molar-refractivity contribution is 14.1. The van der Waals surface area contributed by atoms with E-state index >= 15 is 0 Å². The van der Waals surface area contributed by atoms with Crippen LogP contribution in [0, 0.1) is 3.57 Å². The van der Waals surface area contributed by atoms with Gasteiger partial charge in [0.05, 0.1) is 24.8 Å². The number of benzene rings is 1. The lowest BCUT2D eigenvalue weighted by atomic mass is 9.95. The molecule has 0 saturated carbocycles. The molecule has 2 rings (SSSR count). The van der Waals surface area contributed by atoms with Gasteiger partial charge in [-0.15, -0.1) is 0 Å². The summed E-state index contributed by atoms with van der Waals surface area (Å²) < 4.78 is 11.8. The van der Waals surface area contributed by atoms with Crippen LogP contribution in [-0.4, -0.2) is 25.2 Å². The highest BCUT2D eigenvalue weighted by Crippen LogP contribution is 2.34. The Morgan fingerprint density at radius 1 is 1.30 bits per heavy atom. The summed E-state index contributed by atoms with van der Waals surface area (Å²) in [6.07, 6.45) is 0. The number of allylic oxidation sites excluding steroid dienone is 1. The van der Waals surface area contributed by atoms with Gasteiger partial charge >= 0.3 is 12.0 Å². The van der Waals surface area contributed by atoms with Crippen molar-refractivity contribution in [3.63, 3.8) is 0 Å². The average molecular weight is 430 g/mol. The highest BCUT2D eigenvalue weighted by atomic mass is 127. The fourth-order valence-corrected chi connectivity index (χ4v) is 2.95. The largest absolute Gasteiger partial charge is 0.494 e. The van der Waals surface area contributed by atoms with Crippen LogP contribution in [0.2, 0.25) is 0 Å². The number of hydrogen-bond donors (Lipinski definition) is 2. The van der Waals surface area contributed by atoms with Gasteiger partial charge in [-0.1, -0.05) is 0 Å². The predicted molar refractivity (Wildman–Crippen MR) is 94.1 cm³/mol. The van der Waals surface area contributed by atoms with Gasteiger partial charge in [0.25, 0.3) is 0 Å². The topological polar surface area (TPSA) is 76.7 Å². The standard InChI is InChI=1S/C16H19IN2O4/c1-4-22-12-7-6-10(17)8-11(12)14-13(15(20)23-5-2)9(3)18-16(21)19-14/h6-8,14H,4-5H2,1-3H3,(H2,18,19,21)/t14-/m0/s1. The van der Waals surface area contributed by atoms with Crippen molar-refractivity contribution in [2.45, 2.75) is 26.8 Å². The Bertz CT molecular complexity index is 657. The van der Waals surface area contributed by atoms with E-state index in [1.54, 1.807) is 13.8 Å². The van der Waals surface area contributed by atoms with Gasteiger partial charge in [0.1, 0.15) is 5.75 Å². The van der Waals surface area contributed by atoms with Crippen LogP contribution in [0.15, 0.2) is 29.5 Å². The van der Waals surface area contributed by atoms with E-state index in [2.05, 4.69) is 33.2 Å². The van der Waals surface area contributed by atoms with Crippen molar-refractivity contribution < 1.29 is 19.1 Å². The van der Waals surface area contributed by atoms with Gasteiger partial charge in [0, 0.05) is 14.8 Å². The Balaban J connectivity index is 2.54. The zero-order valence-electron chi connectivity index (χ0n) is 13.2. The van der Waals surface area contributed by atoms with Crippen molar-refractivity contribution in [2.24, 2.45) is 0 Å². The first-order chi connectivity index (χ1) is 11.0. The molecule has 7 heteroatoms. The number of rotatable bonds is 5. The quantitative estimate of drug-likeness (QED) is 0.557. The Kier molecular flexibility index (Phi) is 5.86. The average Bonchev–Trinajstić information content (AvgIpc) is 2.48. The summed E-state index contributed by atoms with van der Waals surface area (Å²) in [4.78, 5) is 24.2. The Morgan fingerprint density at radius 3 is 2.70 bits per heavy atom. The molecule has 0 spiro atoms. The van der Waals surface area contributed by atoms with E-state index in [4.69, 9.17) is 9.47 Å². The van der Waals surface area contributed by atoms with Crippen molar-refractivity contribution in [3.05, 3.63) is 38.6 Å². The minimum absolute atomic E-state index is 0.265. The van der Waals surface area contributed by atoms with Crippen LogP contribution in [0.1, 0.15) is 32.4 Å². The van der Waals surface area contributed by atoms with Crippen LogP contribution >= 0.6 is 22.6 Å². The lowest BCUT2D eigenvalue weighted by Gasteiger charge is -2.29. The zero-order valence-corrected chi connectivity index (χ0v) is 15.4. The number of urea groups is 1. The van der Waals surface area contributed by atoms with Crippen molar-refractivity contribution >= 4 is 34.6 Å². The lowest BCUT2D eigenvalue weighted by Crippen LogP contribution is -2.45. The van der Waals surface area contributed by atoms with E-state index in [1.165, 1.54) is 0 Å². The van der Waals surface area contributed by atoms with Gasteiger partial charge in [0.15, 0.2) is 0 Å². The maximum Gasteiger partial charge on any atom is 0.338 e. The molecule has 0 bridgehead atoms. The van der Waals surface area contributed by atoms with Crippen molar-refractivity contribution in [2.75, 3.05) is 13.2 Å². The van der Waals surface area contributed by atoms with Gasteiger partial charge in [-0.2, -0.15) is 0 Å². The van der Waals surface area contributed by atoms with Crippen LogP contribution in [0.3, 0.4) is 0 Å². The van der Waals surface area contributed by atoms with Gasteiger partial charge in [0.2, 0.25) is 0 Å². The first kappa shape index (κ1) is 17.6. The van der Waals surface area contributed by atoms with Gasteiger partial charge in [-0.05, 0) is 61.6 Å². The summed E-state index contributed by atoms with van der Waals surface area (Å²) in [6, 6.07) is 4.68. The summed E-state index contributed by atoms with van der Waals surface area (Å²) in [6.45, 7) is 6.07. The fourth-order valence-electron chi connectivity index (χ4n) is 2.44. The lowest BCUT2D eigenvalue weighted by molar-refractivity contribution is -0.139. The first-order valence-corrected chi connectivity index (χ1v) is 8.43. The van der Waals surface area contributed by atoms with Crippen molar-refractivity contribution in [3.8, 4) is 5.75 Å². The molecule has 2 N–H and O–H groups in total. The Labute approximate surface area is 148 Å². The normalized spacial score (nSPS) is 17.4. The minimum atomic E-state index is -0.612. The molecule has 1 aromatic rings. The number of nitrogens with one attached hydrogen (secondary N) is 2. The summed E-state index contributed by atoms with van der Waals surface area (Å²) in [5, 5.41) is 5.41. The molecule has 124 valence electrons. The maximum atomic E-state index is 12.3. The molecule has 6 nitrogen and oxygen atoms in total. The third-order valence-corrected chi connectivity index (χ3v) is 4.02. The van der Waals surface area contributed by atoms with E-state index in [0.29, 0.717) is 23.6 Å². The molecule has 1 aromatic carbocycles. The first-order valence-electron chi connectivity index (χ1n) is 7.35. The summed E-state index contributed by atoms with van der Waals surface area (Å²) in [5.74, 6) is 0.179. The SMILES string of the molecule is CCOC(=O)C1=C(C)NC(=O)N[C@H]1c1cc(I)ccc1OCC. The number of ether oxygens (including phenoxy) is 2. The zero-order chi connectivity index (χ0) is 17.0. The smallest absolute Gasteiger partial charge is 0.338 e. The van der Waals surface area contributed by atoms with Gasteiger partial charge < -0.3 is 20.1 Å². The Morgan fingerprint density at radius 2 is 2.04 bits per heavy atom. The summed E-state index contributed by atoms with van der Waals surface area (Å²) in [7, 11) is 0. The van der Waals surface area contributed by atoms with Crippen LogP contribution in [0.4, 0.5) is 4.79 Å². The van der Waals surface area contributed by atoms with E-state index in [-0.39, 0.29) is 12.6 Å². The minimum Gasteiger partial charge on any atom is -0.494 e. The van der Waals surface area contributed by atoms with E-state index in [1.807, 2.05) is 25.1 Å². The van der Waals surface area contributed by atoms with Crippen LogP contribution in [-0.2, 0) is 9.53 Å². The molecule has 0 saturated heterocycles. The molecular formula is C16H19IN2O4. The van der Waals surface area contributed by atoms with Crippen LogP contribution < -0.4 is 15.4 Å². The van der Waals surface area contributed by atoms with Crippen LogP contribution in [0.5, 0.6) is 5.75 Å². The number of carbonyl (C=O) groups is 2. The predicted octanol–water partition coefficient (Wildman–Crippen LogP) is 2.88. The number of esters is 1. The number of halogens is 1. The van der Waals surface area contributed by atoms with Gasteiger partial charge in [-0.3, -0.25) is 0 Å². The van der Waals surface area contributed by atoms with Crippen molar-refractivity contribution in [1.29, 1.82) is 0 Å². The second-order valence-electron chi connectivity index (χ2n) is 4.91. The molecule has 0 fully saturated rings. The molecule has 0 aromatic heterocycles. The molecule has 23 heavy (non-hydrogen) atoms. The van der Waals surface area contributed by atoms with E-state index in [9.17, 15) is 9.59 Å². The third kappa shape index (κ3) is 3.95. The molecule has 0 aliphatic carbocycles. The molecule has 1 aliphatic rings. The number of amides is 2. The molecule has 1 heterocycles. The second-order valence-corrected chi connectivity index (χ2v) is 6.15. The van der Waals surface area contributed by atoms with E-state index < -0.39 is 12.0 Å². The van der Waals surface area contributed by atoms with E-state index in [0.717, 1.165) is 9.13 Å². The molecule has 2 amide bonds. The summed E-state index contributed by atoms with van der Waals surface area (Å²) >= 11 is 2.18. The van der Waals surface area contributed by atoms with Crippen molar-refractivity contribution in [1.82, 2.24) is 10.6 Å². The van der Waals surface area contributed by atoms with Crippen LogP contribution in [0.25, 0.3) is 0 Å². The maximum absolute atomic E-state index is 12.3. The fraction of sp³-hybridized carbons (Fsp3) is 0.375. The molecule has 0 unspecified atom stereocenters. The molecule has 1 aliphatic heterocycles. The molecule has 1 atom stereocenters. The highest BCUT2D eigenvalue weighted by Gasteiger charge is 2.33. The monoisotopic (exact) mass is 430 g/mol. The van der Waals surface area contributed by atoms with Gasteiger partial charge in [-0.25, -0.2) is 9.59 Å². The third-order valence-electron chi connectivity index (χ3n) is 3.35. The molecule has 0 radical (unpaired) electrons. The number of hydrogen-bond acceptors (Lipinski definition) is 4.